The van der Waals surface area contributed by atoms with E-state index in [1.54, 1.807) is 25.4 Å². The molecule has 1 aliphatic rings. The number of nitrogens with zero attached hydrogens (tertiary/aromatic N) is 5. The van der Waals surface area contributed by atoms with Crippen LogP contribution < -0.4 is 14.5 Å². The monoisotopic (exact) mass is 341 g/mol. The standard InChI is InChI=1S/C18H23N5O2/c1-21(2)15-12-17(20-19-13-15)22-8-10-23(11-9-22)18(24)14-4-6-16(25-3)7-5-14/h4-7,12-13H,8-11H2,1-3H3. The summed E-state index contributed by atoms with van der Waals surface area (Å²) in [4.78, 5) is 18.7. The molecule has 1 saturated heterocycles. The molecule has 2 aromatic rings. The number of benzene rings is 1. The maximum atomic E-state index is 12.6. The smallest absolute Gasteiger partial charge is 0.253 e. The van der Waals surface area contributed by atoms with E-state index in [1.807, 2.05) is 42.1 Å². The zero-order valence-corrected chi connectivity index (χ0v) is 14.8. The molecule has 3 rings (SSSR count). The van der Waals surface area contributed by atoms with Gasteiger partial charge < -0.3 is 19.4 Å². The molecule has 25 heavy (non-hydrogen) atoms. The lowest BCUT2D eigenvalue weighted by atomic mass is 10.1. The van der Waals surface area contributed by atoms with Crippen LogP contribution in [0, 0.1) is 0 Å². The molecule has 1 fully saturated rings. The highest BCUT2D eigenvalue weighted by atomic mass is 16.5. The van der Waals surface area contributed by atoms with Gasteiger partial charge in [-0.15, -0.1) is 5.10 Å². The number of anilines is 2. The van der Waals surface area contributed by atoms with E-state index in [0.29, 0.717) is 18.7 Å². The molecule has 2 heterocycles. The fourth-order valence-corrected chi connectivity index (χ4v) is 2.80. The van der Waals surface area contributed by atoms with Crippen molar-refractivity contribution < 1.29 is 9.53 Å². The Balaban J connectivity index is 1.63. The molecule has 7 heteroatoms. The number of rotatable bonds is 4. The quantitative estimate of drug-likeness (QED) is 0.840. The number of ether oxygens (including phenoxy) is 1. The first kappa shape index (κ1) is 17.0. The van der Waals surface area contributed by atoms with Gasteiger partial charge in [-0.05, 0) is 24.3 Å². The molecule has 1 aromatic carbocycles. The van der Waals surface area contributed by atoms with Crippen molar-refractivity contribution in [1.29, 1.82) is 0 Å². The topological polar surface area (TPSA) is 61.8 Å². The predicted molar refractivity (Wildman–Crippen MR) is 97.5 cm³/mol. The summed E-state index contributed by atoms with van der Waals surface area (Å²) in [6.45, 7) is 2.82. The molecule has 0 spiro atoms. The molecule has 1 aromatic heterocycles. The van der Waals surface area contributed by atoms with E-state index in [1.165, 1.54) is 0 Å². The number of methoxy groups -OCH3 is 1. The lowest BCUT2D eigenvalue weighted by Crippen LogP contribution is -2.49. The number of aromatic nitrogens is 2. The van der Waals surface area contributed by atoms with Crippen LogP contribution in [0.1, 0.15) is 10.4 Å². The fraction of sp³-hybridized carbons (Fsp3) is 0.389. The normalized spacial score (nSPS) is 14.4. The zero-order valence-electron chi connectivity index (χ0n) is 14.8. The van der Waals surface area contributed by atoms with E-state index in [2.05, 4.69) is 15.1 Å². The summed E-state index contributed by atoms with van der Waals surface area (Å²) in [6.07, 6.45) is 1.74. The molecular weight excluding hydrogens is 318 g/mol. The van der Waals surface area contributed by atoms with Gasteiger partial charge >= 0.3 is 0 Å². The van der Waals surface area contributed by atoms with Gasteiger partial charge in [0.25, 0.3) is 5.91 Å². The van der Waals surface area contributed by atoms with Crippen molar-refractivity contribution in [2.45, 2.75) is 0 Å². The van der Waals surface area contributed by atoms with Gasteiger partial charge in [0.2, 0.25) is 0 Å². The van der Waals surface area contributed by atoms with Gasteiger partial charge in [0.1, 0.15) is 5.75 Å². The number of hydrogen-bond acceptors (Lipinski definition) is 6. The van der Waals surface area contributed by atoms with Crippen LogP contribution in [0.5, 0.6) is 5.75 Å². The Morgan fingerprint density at radius 3 is 2.40 bits per heavy atom. The molecule has 0 atom stereocenters. The van der Waals surface area contributed by atoms with Gasteiger partial charge in [0.05, 0.1) is 19.0 Å². The van der Waals surface area contributed by atoms with Crippen molar-refractivity contribution in [1.82, 2.24) is 15.1 Å². The lowest BCUT2D eigenvalue weighted by molar-refractivity contribution is 0.0746. The van der Waals surface area contributed by atoms with Crippen LogP contribution in [-0.4, -0.2) is 68.4 Å². The van der Waals surface area contributed by atoms with E-state index in [4.69, 9.17) is 4.74 Å². The van der Waals surface area contributed by atoms with Crippen molar-refractivity contribution in [3.05, 3.63) is 42.1 Å². The number of piperazine rings is 1. The average molecular weight is 341 g/mol. The number of carbonyl (C=O) groups excluding carboxylic acids is 1. The highest BCUT2D eigenvalue weighted by Gasteiger charge is 2.23. The molecule has 0 radical (unpaired) electrons. The summed E-state index contributed by atoms with van der Waals surface area (Å²) in [5.41, 5.74) is 1.70. The second-order valence-corrected chi connectivity index (χ2v) is 6.17. The largest absolute Gasteiger partial charge is 0.497 e. The maximum Gasteiger partial charge on any atom is 0.253 e. The third kappa shape index (κ3) is 3.81. The molecule has 7 nitrogen and oxygen atoms in total. The minimum absolute atomic E-state index is 0.0513. The van der Waals surface area contributed by atoms with Crippen LogP contribution in [0.25, 0.3) is 0 Å². The first-order valence-electron chi connectivity index (χ1n) is 8.27. The van der Waals surface area contributed by atoms with Crippen molar-refractivity contribution in [2.75, 3.05) is 57.2 Å². The Hall–Kier alpha value is -2.83. The summed E-state index contributed by atoms with van der Waals surface area (Å²) in [7, 11) is 5.57. The number of carbonyl (C=O) groups is 1. The molecule has 0 N–H and O–H groups in total. The van der Waals surface area contributed by atoms with Gasteiger partial charge in [-0.1, -0.05) is 0 Å². The van der Waals surface area contributed by atoms with E-state index >= 15 is 0 Å². The Kier molecular flexibility index (Phi) is 5.02. The van der Waals surface area contributed by atoms with Crippen LogP contribution in [0.15, 0.2) is 36.5 Å². The minimum atomic E-state index is 0.0513. The molecular formula is C18H23N5O2. The number of hydrogen-bond donors (Lipinski definition) is 0. The SMILES string of the molecule is COc1ccc(C(=O)N2CCN(c3cc(N(C)C)cnn3)CC2)cc1. The van der Waals surface area contributed by atoms with E-state index in [9.17, 15) is 4.79 Å². The van der Waals surface area contributed by atoms with E-state index < -0.39 is 0 Å². The predicted octanol–water partition coefficient (Wildman–Crippen LogP) is 1.51. The Morgan fingerprint density at radius 1 is 1.12 bits per heavy atom. The Labute approximate surface area is 147 Å². The van der Waals surface area contributed by atoms with E-state index in [0.717, 1.165) is 30.3 Å². The van der Waals surface area contributed by atoms with E-state index in [-0.39, 0.29) is 5.91 Å². The van der Waals surface area contributed by atoms with Gasteiger partial charge in [-0.3, -0.25) is 4.79 Å². The third-order valence-electron chi connectivity index (χ3n) is 4.37. The van der Waals surface area contributed by atoms with Crippen LogP contribution in [0.4, 0.5) is 11.5 Å². The maximum absolute atomic E-state index is 12.6. The van der Waals surface area contributed by atoms with Crippen molar-refractivity contribution in [3.8, 4) is 5.75 Å². The second-order valence-electron chi connectivity index (χ2n) is 6.17. The number of amides is 1. The van der Waals surface area contributed by atoms with Crippen LogP contribution in [0.3, 0.4) is 0 Å². The molecule has 0 bridgehead atoms. The molecule has 0 unspecified atom stereocenters. The molecule has 0 aliphatic carbocycles. The van der Waals surface area contributed by atoms with Crippen molar-refractivity contribution >= 4 is 17.4 Å². The Bertz CT molecular complexity index is 725. The fourth-order valence-electron chi connectivity index (χ4n) is 2.80. The summed E-state index contributed by atoms with van der Waals surface area (Å²) >= 11 is 0. The highest BCUT2D eigenvalue weighted by molar-refractivity contribution is 5.94. The first-order valence-corrected chi connectivity index (χ1v) is 8.27. The Morgan fingerprint density at radius 2 is 1.80 bits per heavy atom. The summed E-state index contributed by atoms with van der Waals surface area (Å²) < 4.78 is 5.14. The van der Waals surface area contributed by atoms with Crippen LogP contribution >= 0.6 is 0 Å². The minimum Gasteiger partial charge on any atom is -0.497 e. The third-order valence-corrected chi connectivity index (χ3v) is 4.37. The summed E-state index contributed by atoms with van der Waals surface area (Å²) in [6, 6.07) is 9.25. The van der Waals surface area contributed by atoms with Gasteiger partial charge in [0, 0.05) is 51.9 Å². The zero-order chi connectivity index (χ0) is 17.8. The molecule has 1 amide bonds. The van der Waals surface area contributed by atoms with Crippen LogP contribution in [0.2, 0.25) is 0 Å². The van der Waals surface area contributed by atoms with Crippen molar-refractivity contribution in [3.63, 3.8) is 0 Å². The lowest BCUT2D eigenvalue weighted by Gasteiger charge is -2.35. The van der Waals surface area contributed by atoms with Gasteiger partial charge in [0.15, 0.2) is 5.82 Å². The first-order chi connectivity index (χ1) is 12.1. The molecule has 1 aliphatic heterocycles. The van der Waals surface area contributed by atoms with Gasteiger partial charge in [-0.25, -0.2) is 0 Å². The molecule has 0 saturated carbocycles. The van der Waals surface area contributed by atoms with Crippen molar-refractivity contribution in [2.24, 2.45) is 0 Å². The second kappa shape index (κ2) is 7.38. The van der Waals surface area contributed by atoms with Crippen LogP contribution in [-0.2, 0) is 0 Å². The summed E-state index contributed by atoms with van der Waals surface area (Å²) in [5, 5.41) is 8.30. The highest BCUT2D eigenvalue weighted by Crippen LogP contribution is 2.19. The van der Waals surface area contributed by atoms with Gasteiger partial charge in [-0.2, -0.15) is 5.10 Å². The summed E-state index contributed by atoms with van der Waals surface area (Å²) in [5.74, 6) is 1.65. The molecule has 132 valence electrons. The average Bonchev–Trinajstić information content (AvgIpc) is 2.67.